The fraction of sp³-hybridized carbons (Fsp3) is 0.500. The Bertz CT molecular complexity index is 792. The van der Waals surface area contributed by atoms with Crippen LogP contribution in [0.2, 0.25) is 0 Å². The highest BCUT2D eigenvalue weighted by molar-refractivity contribution is 5.72. The lowest BCUT2D eigenvalue weighted by molar-refractivity contribution is 0.126. The zero-order valence-corrected chi connectivity index (χ0v) is 14.1. The Balaban J connectivity index is 1.52. The van der Waals surface area contributed by atoms with Gasteiger partial charge in [0, 0.05) is 18.9 Å². The maximum atomic E-state index is 5.97. The van der Waals surface area contributed by atoms with Gasteiger partial charge < -0.3 is 8.94 Å². The van der Waals surface area contributed by atoms with Gasteiger partial charge in [-0.15, -0.1) is 0 Å². The zero-order chi connectivity index (χ0) is 16.5. The maximum Gasteiger partial charge on any atom is 0.243 e. The lowest BCUT2D eigenvalue weighted by Crippen LogP contribution is -2.36. The largest absolute Gasteiger partial charge is 0.440 e. The van der Waals surface area contributed by atoms with Gasteiger partial charge in [0.15, 0.2) is 17.3 Å². The van der Waals surface area contributed by atoms with Gasteiger partial charge in [-0.25, -0.2) is 4.98 Å². The molecule has 0 amide bonds. The van der Waals surface area contributed by atoms with E-state index in [2.05, 4.69) is 26.9 Å². The van der Waals surface area contributed by atoms with Crippen LogP contribution in [0.5, 0.6) is 0 Å². The summed E-state index contributed by atoms with van der Waals surface area (Å²) in [6.07, 6.45) is 3.00. The fourth-order valence-corrected chi connectivity index (χ4v) is 3.36. The molecule has 1 saturated heterocycles. The number of hydrogen-bond donors (Lipinski definition) is 0. The molecule has 0 aliphatic carbocycles. The number of likely N-dealkylation sites (tertiary alicyclic amines) is 1. The molecule has 0 N–H and O–H groups in total. The van der Waals surface area contributed by atoms with E-state index in [1.54, 1.807) is 0 Å². The molecule has 1 aliphatic rings. The van der Waals surface area contributed by atoms with Crippen molar-refractivity contribution in [2.45, 2.75) is 45.1 Å². The van der Waals surface area contributed by atoms with Crippen molar-refractivity contribution in [2.75, 3.05) is 13.1 Å². The molecular formula is C18H22N4O2. The summed E-state index contributed by atoms with van der Waals surface area (Å²) in [4.78, 5) is 11.5. The van der Waals surface area contributed by atoms with Crippen molar-refractivity contribution in [3.05, 3.63) is 41.9 Å². The van der Waals surface area contributed by atoms with Crippen molar-refractivity contribution in [1.29, 1.82) is 0 Å². The summed E-state index contributed by atoms with van der Waals surface area (Å²) in [7, 11) is 0. The van der Waals surface area contributed by atoms with Crippen LogP contribution in [0.3, 0.4) is 0 Å². The van der Waals surface area contributed by atoms with Crippen LogP contribution in [0.15, 0.2) is 33.2 Å². The number of rotatable bonds is 4. The van der Waals surface area contributed by atoms with Crippen LogP contribution in [0, 0.1) is 0 Å². The normalized spacial score (nSPS) is 20.5. The van der Waals surface area contributed by atoms with E-state index in [1.807, 2.05) is 31.2 Å². The first-order valence-corrected chi connectivity index (χ1v) is 8.66. The first-order chi connectivity index (χ1) is 11.7. The molecule has 0 unspecified atom stereocenters. The predicted molar refractivity (Wildman–Crippen MR) is 89.6 cm³/mol. The van der Waals surface area contributed by atoms with Gasteiger partial charge in [-0.05, 0) is 38.4 Å². The van der Waals surface area contributed by atoms with Gasteiger partial charge in [0.05, 0.1) is 6.04 Å². The molecule has 0 bridgehead atoms. The molecule has 2 atom stereocenters. The molecule has 6 heteroatoms. The average molecular weight is 326 g/mol. The molecule has 0 saturated carbocycles. The van der Waals surface area contributed by atoms with Crippen LogP contribution in [0.4, 0.5) is 0 Å². The van der Waals surface area contributed by atoms with Crippen LogP contribution < -0.4 is 0 Å². The molecule has 1 fully saturated rings. The third kappa shape index (κ3) is 2.82. The fourth-order valence-electron chi connectivity index (χ4n) is 3.36. The van der Waals surface area contributed by atoms with E-state index >= 15 is 0 Å². The lowest BCUT2D eigenvalue weighted by Gasteiger charge is -2.34. The van der Waals surface area contributed by atoms with Gasteiger partial charge >= 0.3 is 0 Å². The van der Waals surface area contributed by atoms with E-state index in [-0.39, 0.29) is 6.04 Å². The first kappa shape index (κ1) is 15.3. The van der Waals surface area contributed by atoms with Crippen molar-refractivity contribution in [2.24, 2.45) is 0 Å². The Morgan fingerprint density at radius 3 is 2.96 bits per heavy atom. The van der Waals surface area contributed by atoms with Crippen molar-refractivity contribution in [3.63, 3.8) is 0 Å². The van der Waals surface area contributed by atoms with E-state index in [1.165, 1.54) is 0 Å². The monoisotopic (exact) mass is 326 g/mol. The van der Waals surface area contributed by atoms with Gasteiger partial charge in [0.1, 0.15) is 5.52 Å². The minimum Gasteiger partial charge on any atom is -0.440 e. The molecule has 6 nitrogen and oxygen atoms in total. The van der Waals surface area contributed by atoms with Gasteiger partial charge in [0.2, 0.25) is 5.89 Å². The third-order valence-corrected chi connectivity index (χ3v) is 4.82. The molecule has 1 aromatic carbocycles. The van der Waals surface area contributed by atoms with Crippen molar-refractivity contribution in [3.8, 4) is 0 Å². The van der Waals surface area contributed by atoms with Gasteiger partial charge in [0.25, 0.3) is 0 Å². The molecule has 126 valence electrons. The lowest BCUT2D eigenvalue weighted by atomic mass is 9.97. The van der Waals surface area contributed by atoms with Crippen LogP contribution in [0.1, 0.15) is 56.3 Å². The second-order valence-electron chi connectivity index (χ2n) is 6.43. The summed E-state index contributed by atoms with van der Waals surface area (Å²) in [6, 6.07) is 8.05. The van der Waals surface area contributed by atoms with E-state index in [4.69, 9.17) is 8.94 Å². The molecular weight excluding hydrogens is 304 g/mol. The predicted octanol–water partition coefficient (Wildman–Crippen LogP) is 3.71. The molecule has 3 aromatic rings. The number of nitrogens with zero attached hydrogens (tertiary/aromatic N) is 4. The zero-order valence-electron chi connectivity index (χ0n) is 14.1. The Kier molecular flexibility index (Phi) is 4.06. The molecule has 1 aliphatic heterocycles. The highest BCUT2D eigenvalue weighted by Crippen LogP contribution is 2.32. The van der Waals surface area contributed by atoms with Gasteiger partial charge in [-0.2, -0.15) is 4.98 Å². The van der Waals surface area contributed by atoms with E-state index in [0.717, 1.165) is 55.2 Å². The number of oxazole rings is 1. The second-order valence-corrected chi connectivity index (χ2v) is 6.43. The average Bonchev–Trinajstić information content (AvgIpc) is 3.28. The quantitative estimate of drug-likeness (QED) is 0.728. The van der Waals surface area contributed by atoms with E-state index in [0.29, 0.717) is 11.8 Å². The summed E-state index contributed by atoms with van der Waals surface area (Å²) in [5, 5.41) is 4.01. The van der Waals surface area contributed by atoms with Crippen molar-refractivity contribution < 1.29 is 8.94 Å². The number of piperidine rings is 1. The first-order valence-electron chi connectivity index (χ1n) is 8.66. The van der Waals surface area contributed by atoms with Gasteiger partial charge in [-0.3, -0.25) is 4.90 Å². The number of benzene rings is 1. The Morgan fingerprint density at radius 1 is 1.29 bits per heavy atom. The topological polar surface area (TPSA) is 68.2 Å². The summed E-state index contributed by atoms with van der Waals surface area (Å²) < 4.78 is 11.4. The number of aromatic nitrogens is 3. The highest BCUT2D eigenvalue weighted by Gasteiger charge is 2.30. The van der Waals surface area contributed by atoms with Crippen LogP contribution >= 0.6 is 0 Å². The summed E-state index contributed by atoms with van der Waals surface area (Å²) in [6.45, 7) is 6.09. The minimum absolute atomic E-state index is 0.116. The molecule has 2 aromatic heterocycles. The minimum atomic E-state index is 0.116. The molecule has 0 radical (unpaired) electrons. The standard InChI is InChI=1S/C18H22N4O2/c1-3-16-20-17(24-21-16)12(2)22-10-6-7-13(11-22)18-19-14-8-4-5-9-15(14)23-18/h4-5,8-9,12-13H,3,6-7,10-11H2,1-2H3/t12-,13+/m1/s1. The van der Waals surface area contributed by atoms with E-state index in [9.17, 15) is 0 Å². The molecule has 3 heterocycles. The number of hydrogen-bond acceptors (Lipinski definition) is 6. The van der Waals surface area contributed by atoms with E-state index < -0.39 is 0 Å². The van der Waals surface area contributed by atoms with Crippen LogP contribution in [0.25, 0.3) is 11.1 Å². The SMILES string of the molecule is CCc1noc([C@@H](C)N2CCC[C@H](c3nc4ccccc4o3)C2)n1. The summed E-state index contributed by atoms with van der Waals surface area (Å²) in [5.41, 5.74) is 1.80. The van der Waals surface area contributed by atoms with Crippen molar-refractivity contribution >= 4 is 11.1 Å². The number of fused-ring (bicyclic) bond motifs is 1. The van der Waals surface area contributed by atoms with Crippen LogP contribution in [-0.2, 0) is 6.42 Å². The highest BCUT2D eigenvalue weighted by atomic mass is 16.5. The molecule has 0 spiro atoms. The Morgan fingerprint density at radius 2 is 2.17 bits per heavy atom. The summed E-state index contributed by atoms with van der Waals surface area (Å²) >= 11 is 0. The second kappa shape index (κ2) is 6.36. The van der Waals surface area contributed by atoms with Gasteiger partial charge in [-0.1, -0.05) is 24.2 Å². The smallest absolute Gasteiger partial charge is 0.243 e. The van der Waals surface area contributed by atoms with Crippen molar-refractivity contribution in [1.82, 2.24) is 20.0 Å². The number of para-hydroxylation sites is 2. The third-order valence-electron chi connectivity index (χ3n) is 4.82. The van der Waals surface area contributed by atoms with Crippen LogP contribution in [-0.4, -0.2) is 33.1 Å². The summed E-state index contributed by atoms with van der Waals surface area (Å²) in [5.74, 6) is 2.62. The Labute approximate surface area is 140 Å². The maximum absolute atomic E-state index is 5.97. The number of aryl methyl sites for hydroxylation is 1. The molecule has 24 heavy (non-hydrogen) atoms. The molecule has 4 rings (SSSR count). The Hall–Kier alpha value is -2.21.